The number of hydrogen-bond acceptors (Lipinski definition) is 4. The van der Waals surface area contributed by atoms with Gasteiger partial charge in [0, 0.05) is 29.3 Å². The highest BCUT2D eigenvalue weighted by Crippen LogP contribution is 2.23. The van der Waals surface area contributed by atoms with Crippen LogP contribution in [0.1, 0.15) is 18.1 Å². The summed E-state index contributed by atoms with van der Waals surface area (Å²) in [6.07, 6.45) is 0.0267. The molecule has 0 heterocycles. The number of halogens is 3. The number of nitrogens with one attached hydrogen (secondary N) is 2. The molecule has 0 fully saturated rings. The molecule has 2 aromatic carbocycles. The Morgan fingerprint density at radius 3 is 2.37 bits per heavy atom. The second-order valence-corrected chi connectivity index (χ2v) is 7.86. The third-order valence-electron chi connectivity index (χ3n) is 4.31. The molecule has 30 heavy (non-hydrogen) atoms. The van der Waals surface area contributed by atoms with E-state index in [1.54, 1.807) is 24.3 Å². The molecule has 6 nitrogen and oxygen atoms in total. The highest BCUT2D eigenvalue weighted by Gasteiger charge is 2.28. The zero-order valence-corrected chi connectivity index (χ0v) is 18.7. The SMILES string of the molecule is COC(=O)[C@H](Cc1cc(Cl)ccc1Br)NC(=O)[C@@H](Cc1ccccc1F)NC(C)=O. The van der Waals surface area contributed by atoms with Crippen LogP contribution in [-0.4, -0.2) is 37.0 Å². The lowest BCUT2D eigenvalue weighted by Crippen LogP contribution is -2.53. The van der Waals surface area contributed by atoms with Gasteiger partial charge in [-0.1, -0.05) is 45.7 Å². The fraction of sp³-hybridized carbons (Fsp3) is 0.286. The van der Waals surface area contributed by atoms with E-state index in [0.717, 1.165) is 0 Å². The van der Waals surface area contributed by atoms with E-state index in [9.17, 15) is 18.8 Å². The number of amides is 2. The Bertz CT molecular complexity index is 941. The third-order valence-corrected chi connectivity index (χ3v) is 5.32. The van der Waals surface area contributed by atoms with Crippen molar-refractivity contribution in [2.24, 2.45) is 0 Å². The van der Waals surface area contributed by atoms with Gasteiger partial charge in [-0.3, -0.25) is 9.59 Å². The van der Waals surface area contributed by atoms with Crippen molar-refractivity contribution in [3.63, 3.8) is 0 Å². The lowest BCUT2D eigenvalue weighted by Gasteiger charge is -2.22. The molecule has 0 unspecified atom stereocenters. The molecule has 0 bridgehead atoms. The molecule has 2 rings (SSSR count). The molecule has 0 aliphatic carbocycles. The summed E-state index contributed by atoms with van der Waals surface area (Å²) < 4.78 is 19.5. The van der Waals surface area contributed by atoms with E-state index in [4.69, 9.17) is 16.3 Å². The molecule has 0 aromatic heterocycles. The van der Waals surface area contributed by atoms with Crippen LogP contribution in [0.2, 0.25) is 5.02 Å². The number of ether oxygens (including phenoxy) is 1. The van der Waals surface area contributed by atoms with Crippen LogP contribution in [0.15, 0.2) is 46.9 Å². The summed E-state index contributed by atoms with van der Waals surface area (Å²) in [6.45, 7) is 1.25. The van der Waals surface area contributed by atoms with Crippen LogP contribution >= 0.6 is 27.5 Å². The van der Waals surface area contributed by atoms with Gasteiger partial charge < -0.3 is 15.4 Å². The molecule has 2 atom stereocenters. The van der Waals surface area contributed by atoms with Gasteiger partial charge in [0.1, 0.15) is 17.9 Å². The van der Waals surface area contributed by atoms with Crippen LogP contribution in [0.25, 0.3) is 0 Å². The quantitative estimate of drug-likeness (QED) is 0.547. The number of methoxy groups -OCH3 is 1. The van der Waals surface area contributed by atoms with Gasteiger partial charge in [0.05, 0.1) is 7.11 Å². The van der Waals surface area contributed by atoms with Crippen LogP contribution < -0.4 is 10.6 Å². The van der Waals surface area contributed by atoms with Crippen LogP contribution in [0.4, 0.5) is 4.39 Å². The minimum absolute atomic E-state index is 0.0765. The zero-order chi connectivity index (χ0) is 22.3. The van der Waals surface area contributed by atoms with E-state index < -0.39 is 35.7 Å². The topological polar surface area (TPSA) is 84.5 Å². The van der Waals surface area contributed by atoms with Gasteiger partial charge in [-0.25, -0.2) is 9.18 Å². The summed E-state index contributed by atoms with van der Waals surface area (Å²) in [5, 5.41) is 5.57. The van der Waals surface area contributed by atoms with Gasteiger partial charge >= 0.3 is 5.97 Å². The molecule has 160 valence electrons. The first-order valence-electron chi connectivity index (χ1n) is 9.04. The van der Waals surface area contributed by atoms with Crippen molar-refractivity contribution in [2.45, 2.75) is 31.8 Å². The Morgan fingerprint density at radius 1 is 1.07 bits per heavy atom. The minimum Gasteiger partial charge on any atom is -0.467 e. The van der Waals surface area contributed by atoms with E-state index in [0.29, 0.717) is 15.1 Å². The molecule has 0 saturated carbocycles. The van der Waals surface area contributed by atoms with Gasteiger partial charge in [-0.05, 0) is 35.4 Å². The first-order valence-corrected chi connectivity index (χ1v) is 10.2. The molecule has 0 saturated heterocycles. The third kappa shape index (κ3) is 6.81. The van der Waals surface area contributed by atoms with Gasteiger partial charge in [0.15, 0.2) is 0 Å². The molecular formula is C21H21BrClFN2O4. The predicted molar refractivity (Wildman–Crippen MR) is 115 cm³/mol. The van der Waals surface area contributed by atoms with Crippen molar-refractivity contribution in [3.05, 3.63) is 68.9 Å². The normalized spacial score (nSPS) is 12.6. The number of carbonyl (C=O) groups is 3. The average molecular weight is 500 g/mol. The van der Waals surface area contributed by atoms with Crippen molar-refractivity contribution in [1.29, 1.82) is 0 Å². The summed E-state index contributed by atoms with van der Waals surface area (Å²) in [4.78, 5) is 36.7. The molecule has 0 aliphatic heterocycles. The Morgan fingerprint density at radius 2 is 1.73 bits per heavy atom. The molecule has 9 heteroatoms. The summed E-state index contributed by atoms with van der Waals surface area (Å²) in [7, 11) is 1.21. The number of benzene rings is 2. The van der Waals surface area contributed by atoms with Gasteiger partial charge in [-0.15, -0.1) is 0 Å². The maximum absolute atomic E-state index is 14.0. The number of carbonyl (C=O) groups excluding carboxylic acids is 3. The highest BCUT2D eigenvalue weighted by molar-refractivity contribution is 9.10. The van der Waals surface area contributed by atoms with Crippen molar-refractivity contribution >= 4 is 45.3 Å². The summed E-state index contributed by atoms with van der Waals surface area (Å²) >= 11 is 9.41. The Balaban J connectivity index is 2.23. The van der Waals surface area contributed by atoms with Crippen LogP contribution in [-0.2, 0) is 32.0 Å². The maximum atomic E-state index is 14.0. The molecule has 2 amide bonds. The van der Waals surface area contributed by atoms with E-state index in [1.807, 2.05) is 0 Å². The van der Waals surface area contributed by atoms with Gasteiger partial charge in [-0.2, -0.15) is 0 Å². The van der Waals surface area contributed by atoms with E-state index in [1.165, 1.54) is 32.2 Å². The molecule has 2 N–H and O–H groups in total. The van der Waals surface area contributed by atoms with Gasteiger partial charge in [0.2, 0.25) is 11.8 Å². The number of rotatable bonds is 8. The first kappa shape index (κ1) is 23.8. The number of hydrogen-bond donors (Lipinski definition) is 2. The maximum Gasteiger partial charge on any atom is 0.328 e. The largest absolute Gasteiger partial charge is 0.467 e. The molecule has 0 aliphatic rings. The van der Waals surface area contributed by atoms with Crippen molar-refractivity contribution in [2.75, 3.05) is 7.11 Å². The fourth-order valence-corrected chi connectivity index (χ4v) is 3.47. The predicted octanol–water partition coefficient (Wildman–Crippen LogP) is 3.19. The zero-order valence-electron chi connectivity index (χ0n) is 16.4. The fourth-order valence-electron chi connectivity index (χ4n) is 2.87. The first-order chi connectivity index (χ1) is 14.2. The lowest BCUT2D eigenvalue weighted by molar-refractivity contribution is -0.145. The van der Waals surface area contributed by atoms with Crippen molar-refractivity contribution in [1.82, 2.24) is 10.6 Å². The molecule has 0 radical (unpaired) electrons. The van der Waals surface area contributed by atoms with Crippen LogP contribution in [0.3, 0.4) is 0 Å². The Hall–Kier alpha value is -2.45. The van der Waals surface area contributed by atoms with Gasteiger partial charge in [0.25, 0.3) is 0 Å². The molecular weight excluding hydrogens is 479 g/mol. The summed E-state index contributed by atoms with van der Waals surface area (Å²) in [6, 6.07) is 8.93. The average Bonchev–Trinajstić information content (AvgIpc) is 2.70. The minimum atomic E-state index is -1.07. The lowest BCUT2D eigenvalue weighted by atomic mass is 10.0. The molecule has 2 aromatic rings. The monoisotopic (exact) mass is 498 g/mol. The Kier molecular flexibility index (Phi) is 8.80. The smallest absolute Gasteiger partial charge is 0.328 e. The second-order valence-electron chi connectivity index (χ2n) is 6.57. The summed E-state index contributed by atoms with van der Waals surface area (Å²) in [5.74, 6) is -2.25. The van der Waals surface area contributed by atoms with E-state index in [2.05, 4.69) is 26.6 Å². The van der Waals surface area contributed by atoms with Crippen molar-refractivity contribution < 1.29 is 23.5 Å². The Labute approximate surface area is 187 Å². The second kappa shape index (κ2) is 11.1. The van der Waals surface area contributed by atoms with E-state index >= 15 is 0 Å². The van der Waals surface area contributed by atoms with E-state index in [-0.39, 0.29) is 18.4 Å². The molecule has 0 spiro atoms. The van der Waals surface area contributed by atoms with Crippen LogP contribution in [0, 0.1) is 5.82 Å². The number of esters is 1. The van der Waals surface area contributed by atoms with Crippen LogP contribution in [0.5, 0.6) is 0 Å². The van der Waals surface area contributed by atoms with Crippen molar-refractivity contribution in [3.8, 4) is 0 Å². The summed E-state index contributed by atoms with van der Waals surface area (Å²) in [5.41, 5.74) is 0.946. The highest BCUT2D eigenvalue weighted by atomic mass is 79.9. The standard InChI is InChI=1S/C21H21BrClFN2O4/c1-12(27)25-18(10-13-5-3-4-6-17(13)24)20(28)26-19(21(29)30-2)11-14-9-15(23)7-8-16(14)22/h3-9,18-19H,10-11H2,1-2H3,(H,25,27)(H,26,28)/t18-,19+/m1/s1.